The smallest absolute Gasteiger partial charge is 0.222 e. The highest BCUT2D eigenvalue weighted by Gasteiger charge is 2.21. The summed E-state index contributed by atoms with van der Waals surface area (Å²) in [6.07, 6.45) is 2.83. The van der Waals surface area contributed by atoms with E-state index >= 15 is 0 Å². The van der Waals surface area contributed by atoms with Gasteiger partial charge in [0.15, 0.2) is 0 Å². The van der Waals surface area contributed by atoms with Crippen molar-refractivity contribution in [2.45, 2.75) is 19.4 Å². The lowest BCUT2D eigenvalue weighted by atomic mass is 10.1. The van der Waals surface area contributed by atoms with Crippen LogP contribution in [0.15, 0.2) is 48.7 Å². The minimum absolute atomic E-state index is 0.150. The molecule has 0 atom stereocenters. The summed E-state index contributed by atoms with van der Waals surface area (Å²) in [4.78, 5) is 20.9. The fourth-order valence-corrected chi connectivity index (χ4v) is 2.98. The zero-order chi connectivity index (χ0) is 16.8. The lowest BCUT2D eigenvalue weighted by molar-refractivity contribution is -0.133. The summed E-state index contributed by atoms with van der Waals surface area (Å²) in [6, 6.07) is 12.4. The van der Waals surface area contributed by atoms with Crippen molar-refractivity contribution in [2.24, 2.45) is 0 Å². The molecule has 1 fully saturated rings. The van der Waals surface area contributed by atoms with Gasteiger partial charge in [-0.05, 0) is 36.2 Å². The predicted molar refractivity (Wildman–Crippen MR) is 90.8 cm³/mol. The number of piperazine rings is 1. The largest absolute Gasteiger partial charge is 0.340 e. The van der Waals surface area contributed by atoms with Crippen LogP contribution >= 0.6 is 0 Å². The third-order valence-electron chi connectivity index (χ3n) is 4.35. The summed E-state index contributed by atoms with van der Waals surface area (Å²) in [7, 11) is 0. The van der Waals surface area contributed by atoms with E-state index in [9.17, 15) is 9.18 Å². The quantitative estimate of drug-likeness (QED) is 0.847. The summed E-state index contributed by atoms with van der Waals surface area (Å²) in [5.74, 6) is -0.0974. The fourth-order valence-electron chi connectivity index (χ4n) is 2.98. The summed E-state index contributed by atoms with van der Waals surface area (Å²) in [5, 5.41) is 0. The van der Waals surface area contributed by atoms with Crippen molar-refractivity contribution in [1.29, 1.82) is 0 Å². The first-order valence-corrected chi connectivity index (χ1v) is 8.35. The van der Waals surface area contributed by atoms with E-state index in [1.54, 1.807) is 6.07 Å². The molecule has 0 saturated carbocycles. The topological polar surface area (TPSA) is 36.4 Å². The second-order valence-electron chi connectivity index (χ2n) is 6.11. The van der Waals surface area contributed by atoms with Crippen molar-refractivity contribution >= 4 is 5.91 Å². The zero-order valence-electron chi connectivity index (χ0n) is 13.7. The lowest BCUT2D eigenvalue weighted by Gasteiger charge is -2.34. The number of hydrogen-bond donors (Lipinski definition) is 0. The van der Waals surface area contributed by atoms with Crippen LogP contribution in [0.2, 0.25) is 0 Å². The number of halogens is 1. The number of aryl methyl sites for hydroxylation is 1. The maximum absolute atomic E-state index is 13.2. The average molecular weight is 327 g/mol. The van der Waals surface area contributed by atoms with E-state index in [1.165, 1.54) is 12.1 Å². The number of carbonyl (C=O) groups excluding carboxylic acids is 1. The molecular weight excluding hydrogens is 305 g/mol. The Kier molecular flexibility index (Phi) is 5.54. The molecule has 0 unspecified atom stereocenters. The number of benzene rings is 1. The Labute approximate surface area is 141 Å². The molecule has 126 valence electrons. The van der Waals surface area contributed by atoms with Gasteiger partial charge in [0.25, 0.3) is 0 Å². The number of nitrogens with zero attached hydrogens (tertiary/aromatic N) is 3. The maximum Gasteiger partial charge on any atom is 0.222 e. The molecule has 0 bridgehead atoms. The highest BCUT2D eigenvalue weighted by Crippen LogP contribution is 2.11. The van der Waals surface area contributed by atoms with Gasteiger partial charge in [0.2, 0.25) is 5.91 Å². The summed E-state index contributed by atoms with van der Waals surface area (Å²) >= 11 is 0. The van der Waals surface area contributed by atoms with Crippen LogP contribution in [-0.2, 0) is 17.8 Å². The van der Waals surface area contributed by atoms with Crippen LogP contribution in [0.5, 0.6) is 0 Å². The Morgan fingerprint density at radius 3 is 2.62 bits per heavy atom. The molecule has 4 nitrogen and oxygen atoms in total. The second kappa shape index (κ2) is 8.02. The third-order valence-corrected chi connectivity index (χ3v) is 4.35. The molecule has 0 spiro atoms. The molecule has 0 radical (unpaired) electrons. The van der Waals surface area contributed by atoms with E-state index in [4.69, 9.17) is 0 Å². The number of amides is 1. The standard InChI is InChI=1S/C19H22FN3O/c20-17-5-3-4-16(14-17)7-8-19(24)23-12-10-22(11-13-23)15-18-6-1-2-9-21-18/h1-6,9,14H,7-8,10-13,15H2. The molecule has 1 aromatic heterocycles. The normalized spacial score (nSPS) is 15.5. The molecule has 1 aromatic carbocycles. The molecule has 0 aliphatic carbocycles. The Balaban J connectivity index is 1.43. The number of hydrogen-bond acceptors (Lipinski definition) is 3. The van der Waals surface area contributed by atoms with Crippen LogP contribution in [0.25, 0.3) is 0 Å². The minimum Gasteiger partial charge on any atom is -0.340 e. The molecule has 1 aliphatic rings. The van der Waals surface area contributed by atoms with Gasteiger partial charge in [-0.2, -0.15) is 0 Å². The minimum atomic E-state index is -0.247. The summed E-state index contributed by atoms with van der Waals surface area (Å²) in [6.45, 7) is 4.04. The number of aromatic nitrogens is 1. The molecule has 24 heavy (non-hydrogen) atoms. The molecule has 1 amide bonds. The van der Waals surface area contributed by atoms with Crippen LogP contribution in [0.3, 0.4) is 0 Å². The number of pyridine rings is 1. The monoisotopic (exact) mass is 327 g/mol. The fraction of sp³-hybridized carbons (Fsp3) is 0.368. The van der Waals surface area contributed by atoms with Gasteiger partial charge >= 0.3 is 0 Å². The van der Waals surface area contributed by atoms with Crippen molar-refractivity contribution in [1.82, 2.24) is 14.8 Å². The van der Waals surface area contributed by atoms with Gasteiger partial charge in [-0.1, -0.05) is 18.2 Å². The van der Waals surface area contributed by atoms with E-state index in [1.807, 2.05) is 35.4 Å². The average Bonchev–Trinajstić information content (AvgIpc) is 2.61. The van der Waals surface area contributed by atoms with Crippen LogP contribution < -0.4 is 0 Å². The summed E-state index contributed by atoms with van der Waals surface area (Å²) < 4.78 is 13.2. The van der Waals surface area contributed by atoms with Gasteiger partial charge in [-0.3, -0.25) is 14.7 Å². The molecule has 0 N–H and O–H groups in total. The van der Waals surface area contributed by atoms with Gasteiger partial charge in [0, 0.05) is 45.3 Å². The lowest BCUT2D eigenvalue weighted by Crippen LogP contribution is -2.48. The van der Waals surface area contributed by atoms with Crippen LogP contribution in [0.1, 0.15) is 17.7 Å². The Hall–Kier alpha value is -2.27. The second-order valence-corrected chi connectivity index (χ2v) is 6.11. The summed E-state index contributed by atoms with van der Waals surface area (Å²) in [5.41, 5.74) is 1.93. The van der Waals surface area contributed by atoms with E-state index in [0.29, 0.717) is 12.8 Å². The van der Waals surface area contributed by atoms with Gasteiger partial charge in [-0.15, -0.1) is 0 Å². The molecule has 5 heteroatoms. The van der Waals surface area contributed by atoms with Gasteiger partial charge in [0.1, 0.15) is 5.82 Å². The van der Waals surface area contributed by atoms with E-state index in [-0.39, 0.29) is 11.7 Å². The first-order valence-electron chi connectivity index (χ1n) is 8.35. The van der Waals surface area contributed by atoms with Gasteiger partial charge in [-0.25, -0.2) is 4.39 Å². The van der Waals surface area contributed by atoms with Crippen LogP contribution in [0.4, 0.5) is 4.39 Å². The van der Waals surface area contributed by atoms with E-state index in [2.05, 4.69) is 9.88 Å². The van der Waals surface area contributed by atoms with Crippen molar-refractivity contribution in [2.75, 3.05) is 26.2 Å². The predicted octanol–water partition coefficient (Wildman–Crippen LogP) is 2.50. The SMILES string of the molecule is O=C(CCc1cccc(F)c1)N1CCN(Cc2ccccn2)CC1. The first-order chi connectivity index (χ1) is 11.7. The van der Waals surface area contributed by atoms with Crippen molar-refractivity contribution in [3.05, 3.63) is 65.7 Å². The zero-order valence-corrected chi connectivity index (χ0v) is 13.7. The van der Waals surface area contributed by atoms with E-state index < -0.39 is 0 Å². The first kappa shape index (κ1) is 16.6. The molecule has 2 heterocycles. The molecule has 2 aromatic rings. The van der Waals surface area contributed by atoms with Crippen molar-refractivity contribution in [3.63, 3.8) is 0 Å². The number of rotatable bonds is 5. The number of carbonyl (C=O) groups is 1. The highest BCUT2D eigenvalue weighted by atomic mass is 19.1. The van der Waals surface area contributed by atoms with Crippen LogP contribution in [-0.4, -0.2) is 46.9 Å². The highest BCUT2D eigenvalue weighted by molar-refractivity contribution is 5.76. The van der Waals surface area contributed by atoms with Crippen molar-refractivity contribution in [3.8, 4) is 0 Å². The molecular formula is C19H22FN3O. The van der Waals surface area contributed by atoms with Crippen molar-refractivity contribution < 1.29 is 9.18 Å². The Bertz CT molecular complexity index is 669. The van der Waals surface area contributed by atoms with E-state index in [0.717, 1.165) is 44.0 Å². The van der Waals surface area contributed by atoms with Gasteiger partial charge < -0.3 is 4.90 Å². The molecule has 1 aliphatic heterocycles. The Morgan fingerprint density at radius 1 is 1.08 bits per heavy atom. The Morgan fingerprint density at radius 2 is 1.92 bits per heavy atom. The third kappa shape index (κ3) is 4.61. The maximum atomic E-state index is 13.2. The van der Waals surface area contributed by atoms with Gasteiger partial charge in [0.05, 0.1) is 5.69 Å². The molecule has 1 saturated heterocycles. The van der Waals surface area contributed by atoms with Crippen LogP contribution in [0, 0.1) is 5.82 Å². The molecule has 3 rings (SSSR count).